The molecule has 1 aliphatic rings. The van der Waals surface area contributed by atoms with Crippen molar-refractivity contribution in [3.8, 4) is 0 Å². The monoisotopic (exact) mass is 536 g/mol. The van der Waals surface area contributed by atoms with Gasteiger partial charge in [0.1, 0.15) is 24.2 Å². The minimum Gasteiger partial charge on any atom is -0.352 e. The number of carbonyl (C=O) groups is 2. The van der Waals surface area contributed by atoms with Crippen molar-refractivity contribution in [3.05, 3.63) is 65.7 Å². The van der Waals surface area contributed by atoms with E-state index in [1.54, 1.807) is 6.92 Å². The molecule has 1 aliphatic carbocycles. The summed E-state index contributed by atoms with van der Waals surface area (Å²) in [4.78, 5) is 28.0. The molecular weight excluding hydrogens is 502 g/mol. The molecule has 0 spiro atoms. The van der Waals surface area contributed by atoms with Crippen LogP contribution in [0.5, 0.6) is 0 Å². The van der Waals surface area contributed by atoms with Gasteiger partial charge in [-0.15, -0.1) is 0 Å². The fourth-order valence-corrected chi connectivity index (χ4v) is 5.36. The number of halogens is 2. The zero-order valence-electron chi connectivity index (χ0n) is 21.4. The Labute approximate surface area is 217 Å². The maximum atomic E-state index is 14.7. The standard InChI is InChI=1S/C26H34F2N4O4S/c1-19(26(34)29-22-9-5-4-6-10-22)31(17-20-13-15-21(27)16-14-20)25(33)18-32(37(35,36)30(2)3)24-12-8-7-11-23(24)28/h7-8,11-16,19,22H,4-6,9-10,17-18H2,1-3H3,(H,29,34)/t19-/m1/s1. The second-order valence-electron chi connectivity index (χ2n) is 9.42. The van der Waals surface area contributed by atoms with Crippen molar-refractivity contribution in [1.29, 1.82) is 0 Å². The van der Waals surface area contributed by atoms with Crippen LogP contribution in [0.2, 0.25) is 0 Å². The van der Waals surface area contributed by atoms with Crippen LogP contribution in [0.15, 0.2) is 48.5 Å². The smallest absolute Gasteiger partial charge is 0.304 e. The van der Waals surface area contributed by atoms with E-state index in [2.05, 4.69) is 5.32 Å². The molecule has 0 aliphatic heterocycles. The minimum atomic E-state index is -4.26. The van der Waals surface area contributed by atoms with Crippen LogP contribution in [-0.2, 0) is 26.3 Å². The highest BCUT2D eigenvalue weighted by Gasteiger charge is 2.34. The fraction of sp³-hybridized carbons (Fsp3) is 0.462. The molecule has 2 aromatic carbocycles. The first-order valence-electron chi connectivity index (χ1n) is 12.3. The molecule has 1 saturated carbocycles. The Kier molecular flexibility index (Phi) is 9.61. The van der Waals surface area contributed by atoms with Gasteiger partial charge in [-0.25, -0.2) is 13.1 Å². The van der Waals surface area contributed by atoms with Crippen LogP contribution >= 0.6 is 0 Å². The molecule has 3 rings (SSSR count). The lowest BCUT2D eigenvalue weighted by Crippen LogP contribution is -2.53. The summed E-state index contributed by atoms with van der Waals surface area (Å²) in [5.74, 6) is -2.33. The van der Waals surface area contributed by atoms with E-state index in [4.69, 9.17) is 0 Å². The van der Waals surface area contributed by atoms with Gasteiger partial charge in [-0.2, -0.15) is 12.7 Å². The number of carbonyl (C=O) groups excluding carboxylic acids is 2. The highest BCUT2D eigenvalue weighted by atomic mass is 32.2. The Morgan fingerprint density at radius 2 is 1.62 bits per heavy atom. The van der Waals surface area contributed by atoms with Crippen LogP contribution in [0.4, 0.5) is 14.5 Å². The molecule has 0 unspecified atom stereocenters. The van der Waals surface area contributed by atoms with Gasteiger partial charge < -0.3 is 10.2 Å². The van der Waals surface area contributed by atoms with E-state index >= 15 is 0 Å². The van der Waals surface area contributed by atoms with Crippen LogP contribution in [0.3, 0.4) is 0 Å². The molecule has 0 radical (unpaired) electrons. The van der Waals surface area contributed by atoms with Gasteiger partial charge in [0.05, 0.1) is 5.69 Å². The number of amides is 2. The third-order valence-corrected chi connectivity index (χ3v) is 8.33. The highest BCUT2D eigenvalue weighted by molar-refractivity contribution is 7.90. The molecule has 37 heavy (non-hydrogen) atoms. The lowest BCUT2D eigenvalue weighted by Gasteiger charge is -2.34. The van der Waals surface area contributed by atoms with Crippen LogP contribution in [-0.4, -0.2) is 62.2 Å². The van der Waals surface area contributed by atoms with E-state index in [-0.39, 0.29) is 24.2 Å². The average Bonchev–Trinajstić information content (AvgIpc) is 2.87. The van der Waals surface area contributed by atoms with Gasteiger partial charge >= 0.3 is 10.2 Å². The quantitative estimate of drug-likeness (QED) is 0.504. The van der Waals surface area contributed by atoms with E-state index in [1.165, 1.54) is 61.5 Å². The molecule has 202 valence electrons. The lowest BCUT2D eigenvalue weighted by molar-refractivity contribution is -0.139. The number of hydrogen-bond donors (Lipinski definition) is 1. The van der Waals surface area contributed by atoms with Crippen LogP contribution in [0.25, 0.3) is 0 Å². The Bertz CT molecular complexity index is 1190. The Morgan fingerprint density at radius 1 is 1.00 bits per heavy atom. The van der Waals surface area contributed by atoms with Crippen molar-refractivity contribution in [2.75, 3.05) is 24.9 Å². The van der Waals surface area contributed by atoms with Gasteiger partial charge in [0, 0.05) is 26.7 Å². The minimum absolute atomic E-state index is 0.00973. The van der Waals surface area contributed by atoms with Crippen LogP contribution in [0, 0.1) is 11.6 Å². The van der Waals surface area contributed by atoms with E-state index in [0.717, 1.165) is 42.5 Å². The summed E-state index contributed by atoms with van der Waals surface area (Å²) in [7, 11) is -1.70. The van der Waals surface area contributed by atoms with Gasteiger partial charge in [-0.05, 0) is 49.6 Å². The van der Waals surface area contributed by atoms with Gasteiger partial charge in [-0.3, -0.25) is 9.59 Å². The largest absolute Gasteiger partial charge is 0.352 e. The number of rotatable bonds is 10. The van der Waals surface area contributed by atoms with E-state index in [0.29, 0.717) is 9.87 Å². The Balaban J connectivity index is 1.92. The number of anilines is 1. The summed E-state index contributed by atoms with van der Waals surface area (Å²) >= 11 is 0. The first-order chi connectivity index (χ1) is 17.5. The van der Waals surface area contributed by atoms with Gasteiger partial charge in [0.15, 0.2) is 0 Å². The maximum Gasteiger partial charge on any atom is 0.304 e. The molecule has 11 heteroatoms. The molecule has 8 nitrogen and oxygen atoms in total. The second kappa shape index (κ2) is 12.5. The van der Waals surface area contributed by atoms with Crippen molar-refractivity contribution < 1.29 is 26.8 Å². The molecule has 2 amide bonds. The maximum absolute atomic E-state index is 14.7. The number of benzene rings is 2. The zero-order chi connectivity index (χ0) is 27.2. The summed E-state index contributed by atoms with van der Waals surface area (Å²) in [6, 6.07) is 9.79. The first kappa shape index (κ1) is 28.5. The SMILES string of the molecule is C[C@H](C(=O)NC1CCCCC1)N(Cc1ccc(F)cc1)C(=O)CN(c1ccccc1F)S(=O)(=O)N(C)C. The predicted molar refractivity (Wildman–Crippen MR) is 138 cm³/mol. The summed E-state index contributed by atoms with van der Waals surface area (Å²) in [5.41, 5.74) is 0.269. The van der Waals surface area contributed by atoms with E-state index in [1.807, 2.05) is 0 Å². The van der Waals surface area contributed by atoms with Crippen molar-refractivity contribution in [1.82, 2.24) is 14.5 Å². The van der Waals surface area contributed by atoms with Crippen LogP contribution in [0.1, 0.15) is 44.6 Å². The number of nitrogens with one attached hydrogen (secondary N) is 1. The Hall–Kier alpha value is -3.05. The van der Waals surface area contributed by atoms with Crippen molar-refractivity contribution in [3.63, 3.8) is 0 Å². The normalized spacial score (nSPS) is 15.3. The van der Waals surface area contributed by atoms with Gasteiger partial charge in [0.2, 0.25) is 11.8 Å². The molecule has 2 aromatic rings. The fourth-order valence-electron chi connectivity index (χ4n) is 4.29. The van der Waals surface area contributed by atoms with Crippen LogP contribution < -0.4 is 9.62 Å². The first-order valence-corrected chi connectivity index (χ1v) is 13.7. The summed E-state index contributed by atoms with van der Waals surface area (Å²) in [6.45, 7) is 0.767. The molecule has 0 aromatic heterocycles. The third-order valence-electron chi connectivity index (χ3n) is 6.52. The molecule has 1 fully saturated rings. The lowest BCUT2D eigenvalue weighted by atomic mass is 9.95. The third kappa shape index (κ3) is 7.26. The van der Waals surface area contributed by atoms with Crippen molar-refractivity contribution >= 4 is 27.7 Å². The van der Waals surface area contributed by atoms with Crippen molar-refractivity contribution in [2.45, 2.75) is 57.7 Å². The summed E-state index contributed by atoms with van der Waals surface area (Å²) in [5, 5.41) is 3.00. The molecule has 0 bridgehead atoms. The Morgan fingerprint density at radius 3 is 2.22 bits per heavy atom. The molecule has 1 N–H and O–H groups in total. The summed E-state index contributed by atoms with van der Waals surface area (Å²) in [6.07, 6.45) is 4.84. The summed E-state index contributed by atoms with van der Waals surface area (Å²) < 4.78 is 55.9. The average molecular weight is 537 g/mol. The topological polar surface area (TPSA) is 90.0 Å². The van der Waals surface area contributed by atoms with Gasteiger partial charge in [0.25, 0.3) is 0 Å². The molecule has 1 atom stereocenters. The zero-order valence-corrected chi connectivity index (χ0v) is 22.2. The number of para-hydroxylation sites is 1. The van der Waals surface area contributed by atoms with E-state index in [9.17, 15) is 26.8 Å². The predicted octanol–water partition coefficient (Wildman–Crippen LogP) is 3.44. The molecule has 0 heterocycles. The number of hydrogen-bond acceptors (Lipinski definition) is 4. The molecule has 0 saturated heterocycles. The van der Waals surface area contributed by atoms with Gasteiger partial charge in [-0.1, -0.05) is 43.5 Å². The number of nitrogens with zero attached hydrogens (tertiary/aromatic N) is 3. The molecular formula is C26H34F2N4O4S. The highest BCUT2D eigenvalue weighted by Crippen LogP contribution is 2.24. The second-order valence-corrected chi connectivity index (χ2v) is 11.5. The van der Waals surface area contributed by atoms with E-state index < -0.39 is 40.3 Å². The van der Waals surface area contributed by atoms with Crippen molar-refractivity contribution in [2.24, 2.45) is 0 Å².